The molecule has 0 bridgehead atoms. The molecule has 0 spiro atoms. The fraction of sp³-hybridized carbons (Fsp3) is 0.667. The summed E-state index contributed by atoms with van der Waals surface area (Å²) in [7, 11) is 1.76. The first-order valence-corrected chi connectivity index (χ1v) is 7.15. The zero-order valence-corrected chi connectivity index (χ0v) is 12.6. The zero-order chi connectivity index (χ0) is 14.8. The first-order chi connectivity index (χ1) is 9.44. The standard InChI is InChI=1S/C15H26N4O/c1-14(2)5-7-15(20-3,8-6-14)13(19-17)11-10-18-9-4-12(11)16/h4,9-10,13,19H,5-8,17H2,1-3H3,(H2,16,18). The van der Waals surface area contributed by atoms with Gasteiger partial charge >= 0.3 is 0 Å². The number of hydrogen-bond acceptors (Lipinski definition) is 5. The normalized spacial score (nSPS) is 22.4. The van der Waals surface area contributed by atoms with Crippen molar-refractivity contribution in [1.29, 1.82) is 0 Å². The molecule has 1 unspecified atom stereocenters. The van der Waals surface area contributed by atoms with Crippen molar-refractivity contribution in [3.8, 4) is 0 Å². The van der Waals surface area contributed by atoms with E-state index in [1.807, 2.05) is 0 Å². The summed E-state index contributed by atoms with van der Waals surface area (Å²) in [6.45, 7) is 4.60. The molecule has 20 heavy (non-hydrogen) atoms. The number of anilines is 1. The molecule has 0 aliphatic heterocycles. The summed E-state index contributed by atoms with van der Waals surface area (Å²) in [4.78, 5) is 4.17. The van der Waals surface area contributed by atoms with Gasteiger partial charge in [-0.15, -0.1) is 0 Å². The van der Waals surface area contributed by atoms with Gasteiger partial charge in [0.1, 0.15) is 0 Å². The number of nitrogens with zero attached hydrogens (tertiary/aromatic N) is 1. The van der Waals surface area contributed by atoms with Gasteiger partial charge in [0.15, 0.2) is 0 Å². The number of hydrazine groups is 1. The van der Waals surface area contributed by atoms with E-state index >= 15 is 0 Å². The van der Waals surface area contributed by atoms with Crippen LogP contribution in [0.1, 0.15) is 51.1 Å². The maximum atomic E-state index is 6.08. The van der Waals surface area contributed by atoms with E-state index in [-0.39, 0.29) is 11.6 Å². The fourth-order valence-corrected chi connectivity index (χ4v) is 3.14. The number of aromatic nitrogens is 1. The number of rotatable bonds is 4. The third-order valence-corrected chi connectivity index (χ3v) is 4.75. The van der Waals surface area contributed by atoms with E-state index in [0.717, 1.165) is 31.2 Å². The Labute approximate surface area is 121 Å². The lowest BCUT2D eigenvalue weighted by atomic mass is 9.67. The van der Waals surface area contributed by atoms with Gasteiger partial charge in [0.25, 0.3) is 0 Å². The second-order valence-corrected chi connectivity index (χ2v) is 6.54. The number of nitrogen functional groups attached to an aromatic ring is 1. The summed E-state index contributed by atoms with van der Waals surface area (Å²) in [6, 6.07) is 1.66. The molecule has 1 atom stereocenters. The first kappa shape index (κ1) is 15.2. The van der Waals surface area contributed by atoms with Crippen LogP contribution in [-0.4, -0.2) is 17.7 Å². The van der Waals surface area contributed by atoms with Crippen LogP contribution < -0.4 is 17.0 Å². The van der Waals surface area contributed by atoms with E-state index in [1.165, 1.54) is 0 Å². The Morgan fingerprint density at radius 2 is 1.95 bits per heavy atom. The SMILES string of the molecule is COC1(C(NN)c2cnccc2N)CCC(C)(C)CC1. The van der Waals surface area contributed by atoms with Crippen LogP contribution in [0.3, 0.4) is 0 Å². The molecule has 1 aromatic rings. The summed E-state index contributed by atoms with van der Waals surface area (Å²) < 4.78 is 5.91. The lowest BCUT2D eigenvalue weighted by Crippen LogP contribution is -2.51. The van der Waals surface area contributed by atoms with E-state index < -0.39 is 0 Å². The average Bonchev–Trinajstić information content (AvgIpc) is 2.44. The number of nitrogens with two attached hydrogens (primary N) is 2. The highest BCUT2D eigenvalue weighted by Gasteiger charge is 2.45. The van der Waals surface area contributed by atoms with Gasteiger partial charge in [0.05, 0.1) is 11.6 Å². The molecule has 112 valence electrons. The monoisotopic (exact) mass is 278 g/mol. The Balaban J connectivity index is 2.32. The Hall–Kier alpha value is -1.17. The Morgan fingerprint density at radius 1 is 1.30 bits per heavy atom. The van der Waals surface area contributed by atoms with Gasteiger partial charge in [-0.05, 0) is 37.2 Å². The lowest BCUT2D eigenvalue weighted by molar-refractivity contribution is -0.0876. The van der Waals surface area contributed by atoms with Crippen LogP contribution in [0.5, 0.6) is 0 Å². The smallest absolute Gasteiger partial charge is 0.0887 e. The molecular weight excluding hydrogens is 252 g/mol. The summed E-state index contributed by atoms with van der Waals surface area (Å²) in [5.41, 5.74) is 10.6. The highest BCUT2D eigenvalue weighted by molar-refractivity contribution is 5.47. The topological polar surface area (TPSA) is 86.2 Å². The van der Waals surface area contributed by atoms with Crippen LogP contribution >= 0.6 is 0 Å². The van der Waals surface area contributed by atoms with Gasteiger partial charge in [-0.25, -0.2) is 5.43 Å². The van der Waals surface area contributed by atoms with Crippen LogP contribution in [-0.2, 0) is 4.74 Å². The summed E-state index contributed by atoms with van der Waals surface area (Å²) in [5.74, 6) is 5.82. The van der Waals surface area contributed by atoms with E-state index in [9.17, 15) is 0 Å². The second kappa shape index (κ2) is 5.68. The van der Waals surface area contributed by atoms with Crippen molar-refractivity contribution in [2.24, 2.45) is 11.3 Å². The molecule has 0 amide bonds. The van der Waals surface area contributed by atoms with Gasteiger partial charge in [-0.1, -0.05) is 13.8 Å². The molecule has 2 rings (SSSR count). The quantitative estimate of drug-likeness (QED) is 0.580. The maximum absolute atomic E-state index is 6.08. The molecular formula is C15H26N4O. The number of pyridine rings is 1. The summed E-state index contributed by atoms with van der Waals surface area (Å²) in [6.07, 6.45) is 7.61. The third kappa shape index (κ3) is 2.80. The highest BCUT2D eigenvalue weighted by atomic mass is 16.5. The van der Waals surface area contributed by atoms with E-state index in [4.69, 9.17) is 16.3 Å². The van der Waals surface area contributed by atoms with Gasteiger partial charge in [-0.2, -0.15) is 0 Å². The van der Waals surface area contributed by atoms with Crippen LogP contribution in [0.4, 0.5) is 5.69 Å². The van der Waals surface area contributed by atoms with Crippen molar-refractivity contribution in [3.05, 3.63) is 24.0 Å². The van der Waals surface area contributed by atoms with Crippen molar-refractivity contribution >= 4 is 5.69 Å². The molecule has 0 aromatic carbocycles. The number of methoxy groups -OCH3 is 1. The minimum atomic E-state index is -0.318. The predicted molar refractivity (Wildman–Crippen MR) is 80.7 cm³/mol. The molecule has 0 saturated heterocycles. The van der Waals surface area contributed by atoms with Crippen LogP contribution in [0.2, 0.25) is 0 Å². The van der Waals surface area contributed by atoms with E-state index in [0.29, 0.717) is 11.1 Å². The lowest BCUT2D eigenvalue weighted by Gasteiger charge is -2.47. The zero-order valence-electron chi connectivity index (χ0n) is 12.6. The van der Waals surface area contributed by atoms with Crippen molar-refractivity contribution in [2.45, 2.75) is 51.2 Å². The molecule has 1 aliphatic rings. The largest absolute Gasteiger partial charge is 0.398 e. The molecule has 1 aliphatic carbocycles. The second-order valence-electron chi connectivity index (χ2n) is 6.54. The molecule has 5 nitrogen and oxygen atoms in total. The van der Waals surface area contributed by atoms with Gasteiger partial charge in [0.2, 0.25) is 0 Å². The molecule has 1 aromatic heterocycles. The molecule has 0 radical (unpaired) electrons. The van der Waals surface area contributed by atoms with Crippen LogP contribution in [0.15, 0.2) is 18.5 Å². The Kier molecular flexibility index (Phi) is 4.32. The van der Waals surface area contributed by atoms with Crippen molar-refractivity contribution in [1.82, 2.24) is 10.4 Å². The minimum Gasteiger partial charge on any atom is -0.398 e. The van der Waals surface area contributed by atoms with E-state index in [1.54, 1.807) is 25.6 Å². The maximum Gasteiger partial charge on any atom is 0.0887 e. The molecule has 1 saturated carbocycles. The summed E-state index contributed by atoms with van der Waals surface area (Å²) >= 11 is 0. The Bertz CT molecular complexity index is 451. The molecule has 5 heteroatoms. The van der Waals surface area contributed by atoms with Gasteiger partial charge in [-0.3, -0.25) is 10.8 Å². The third-order valence-electron chi connectivity index (χ3n) is 4.75. The van der Waals surface area contributed by atoms with Crippen LogP contribution in [0.25, 0.3) is 0 Å². The first-order valence-electron chi connectivity index (χ1n) is 7.15. The number of hydrogen-bond donors (Lipinski definition) is 3. The Morgan fingerprint density at radius 3 is 2.45 bits per heavy atom. The number of nitrogens with one attached hydrogen (secondary N) is 1. The van der Waals surface area contributed by atoms with Gasteiger partial charge in [0, 0.05) is 30.8 Å². The number of ether oxygens (including phenoxy) is 1. The van der Waals surface area contributed by atoms with Crippen molar-refractivity contribution in [3.63, 3.8) is 0 Å². The minimum absolute atomic E-state index is 0.141. The van der Waals surface area contributed by atoms with Crippen molar-refractivity contribution < 1.29 is 4.74 Å². The fourth-order valence-electron chi connectivity index (χ4n) is 3.14. The van der Waals surface area contributed by atoms with Crippen molar-refractivity contribution in [2.75, 3.05) is 12.8 Å². The highest BCUT2D eigenvalue weighted by Crippen LogP contribution is 2.47. The molecule has 5 N–H and O–H groups in total. The summed E-state index contributed by atoms with van der Waals surface area (Å²) in [5, 5.41) is 0. The van der Waals surface area contributed by atoms with Gasteiger partial charge < -0.3 is 10.5 Å². The van der Waals surface area contributed by atoms with E-state index in [2.05, 4.69) is 24.3 Å². The van der Waals surface area contributed by atoms with Crippen LogP contribution in [0, 0.1) is 5.41 Å². The molecule has 1 heterocycles. The molecule has 1 fully saturated rings. The average molecular weight is 278 g/mol. The predicted octanol–water partition coefficient (Wildman–Crippen LogP) is 2.15.